The Bertz CT molecular complexity index is 537. The van der Waals surface area contributed by atoms with Crippen LogP contribution in [0.2, 0.25) is 0 Å². The number of hydrogen-bond acceptors (Lipinski definition) is 4. The van der Waals surface area contributed by atoms with Crippen molar-refractivity contribution >= 4 is 11.7 Å². The molecule has 1 aliphatic rings. The number of nitro benzene ring substituents is 1. The number of rotatable bonds is 3. The van der Waals surface area contributed by atoms with E-state index in [1.807, 2.05) is 0 Å². The minimum absolute atomic E-state index is 0.0257. The summed E-state index contributed by atoms with van der Waals surface area (Å²) in [6.45, 7) is 6.75. The second kappa shape index (κ2) is 6.46. The Labute approximate surface area is 130 Å². The molecule has 120 valence electrons. The molecule has 1 aliphatic carbocycles. The molecule has 1 saturated carbocycles. The lowest BCUT2D eigenvalue weighted by Gasteiger charge is -2.36. The van der Waals surface area contributed by atoms with Crippen molar-refractivity contribution in [3.8, 4) is 0 Å². The number of nitro groups is 1. The van der Waals surface area contributed by atoms with Crippen molar-refractivity contribution in [3.05, 3.63) is 39.9 Å². The van der Waals surface area contributed by atoms with Gasteiger partial charge in [-0.3, -0.25) is 10.1 Å². The van der Waals surface area contributed by atoms with Gasteiger partial charge in [-0.25, -0.2) is 4.79 Å². The number of benzene rings is 1. The van der Waals surface area contributed by atoms with Crippen molar-refractivity contribution in [2.75, 3.05) is 0 Å². The number of non-ortho nitro benzene ring substituents is 1. The highest BCUT2D eigenvalue weighted by atomic mass is 16.6. The molecule has 0 atom stereocenters. The molecule has 5 heteroatoms. The highest BCUT2D eigenvalue weighted by Crippen LogP contribution is 2.38. The van der Waals surface area contributed by atoms with Crippen molar-refractivity contribution in [3.63, 3.8) is 0 Å². The Morgan fingerprint density at radius 1 is 1.14 bits per heavy atom. The number of nitrogens with zero attached hydrogens (tertiary/aromatic N) is 1. The third kappa shape index (κ3) is 4.06. The molecule has 0 saturated heterocycles. The summed E-state index contributed by atoms with van der Waals surface area (Å²) in [5, 5.41) is 10.6. The molecule has 0 heterocycles. The first-order chi connectivity index (χ1) is 10.3. The van der Waals surface area contributed by atoms with E-state index in [9.17, 15) is 14.9 Å². The molecule has 0 aliphatic heterocycles. The summed E-state index contributed by atoms with van der Waals surface area (Å²) in [7, 11) is 0. The normalized spacial score (nSPS) is 22.1. The van der Waals surface area contributed by atoms with Gasteiger partial charge in [0.25, 0.3) is 5.69 Å². The van der Waals surface area contributed by atoms with Crippen LogP contribution in [0.25, 0.3) is 0 Å². The monoisotopic (exact) mass is 305 g/mol. The number of hydrogen-bond donors (Lipinski definition) is 0. The van der Waals surface area contributed by atoms with Crippen LogP contribution in [0.5, 0.6) is 0 Å². The van der Waals surface area contributed by atoms with Crippen molar-refractivity contribution in [1.29, 1.82) is 0 Å². The average molecular weight is 305 g/mol. The molecular weight excluding hydrogens is 282 g/mol. The molecule has 0 unspecified atom stereocenters. The third-order valence-electron chi connectivity index (χ3n) is 4.49. The smallest absolute Gasteiger partial charge is 0.338 e. The summed E-state index contributed by atoms with van der Waals surface area (Å²) in [6.07, 6.45) is 3.88. The SMILES string of the molecule is CC(C)(C)C1CCC(OC(=O)c2ccc([N+](=O)[O-])cc2)CC1. The molecule has 0 bridgehead atoms. The Balaban J connectivity index is 1.89. The lowest BCUT2D eigenvalue weighted by molar-refractivity contribution is -0.384. The van der Waals surface area contributed by atoms with E-state index in [-0.39, 0.29) is 11.8 Å². The molecule has 1 aromatic carbocycles. The average Bonchev–Trinajstić information content (AvgIpc) is 2.47. The molecule has 0 radical (unpaired) electrons. The zero-order valence-corrected chi connectivity index (χ0v) is 13.4. The molecule has 2 rings (SSSR count). The van der Waals surface area contributed by atoms with Gasteiger partial charge in [0.05, 0.1) is 10.5 Å². The zero-order chi connectivity index (χ0) is 16.3. The maximum atomic E-state index is 12.1. The van der Waals surface area contributed by atoms with Gasteiger partial charge in [-0.15, -0.1) is 0 Å². The van der Waals surface area contributed by atoms with Gasteiger partial charge in [-0.05, 0) is 49.1 Å². The maximum absolute atomic E-state index is 12.1. The van der Waals surface area contributed by atoms with E-state index in [0.29, 0.717) is 16.9 Å². The maximum Gasteiger partial charge on any atom is 0.338 e. The van der Waals surface area contributed by atoms with E-state index >= 15 is 0 Å². The van der Waals surface area contributed by atoms with E-state index in [2.05, 4.69) is 20.8 Å². The minimum Gasteiger partial charge on any atom is -0.459 e. The van der Waals surface area contributed by atoms with Gasteiger partial charge < -0.3 is 4.74 Å². The van der Waals surface area contributed by atoms with Crippen molar-refractivity contribution in [2.24, 2.45) is 11.3 Å². The molecule has 22 heavy (non-hydrogen) atoms. The third-order valence-corrected chi connectivity index (χ3v) is 4.49. The van der Waals surface area contributed by atoms with Gasteiger partial charge in [-0.1, -0.05) is 20.8 Å². The van der Waals surface area contributed by atoms with Crippen LogP contribution >= 0.6 is 0 Å². The van der Waals surface area contributed by atoms with Gasteiger partial charge in [-0.2, -0.15) is 0 Å². The first kappa shape index (κ1) is 16.5. The van der Waals surface area contributed by atoms with Crippen molar-refractivity contribution < 1.29 is 14.5 Å². The lowest BCUT2D eigenvalue weighted by Crippen LogP contribution is -2.30. The summed E-state index contributed by atoms with van der Waals surface area (Å²) in [5.74, 6) is 0.274. The van der Waals surface area contributed by atoms with Gasteiger partial charge in [0.15, 0.2) is 0 Å². The fourth-order valence-electron chi connectivity index (χ4n) is 2.99. The van der Waals surface area contributed by atoms with Crippen LogP contribution in [0, 0.1) is 21.4 Å². The van der Waals surface area contributed by atoms with E-state index < -0.39 is 10.9 Å². The number of carbonyl (C=O) groups is 1. The highest BCUT2D eigenvalue weighted by Gasteiger charge is 2.31. The molecule has 0 aromatic heterocycles. The molecule has 5 nitrogen and oxygen atoms in total. The predicted molar refractivity (Wildman–Crippen MR) is 83.7 cm³/mol. The Morgan fingerprint density at radius 3 is 2.14 bits per heavy atom. The first-order valence-corrected chi connectivity index (χ1v) is 7.73. The van der Waals surface area contributed by atoms with Gasteiger partial charge in [0.2, 0.25) is 0 Å². The van der Waals surface area contributed by atoms with Gasteiger partial charge in [0.1, 0.15) is 6.10 Å². The Kier molecular flexibility index (Phi) is 4.84. The van der Waals surface area contributed by atoms with Crippen LogP contribution in [-0.2, 0) is 4.74 Å². The van der Waals surface area contributed by atoms with Crippen LogP contribution in [-0.4, -0.2) is 17.0 Å². The van der Waals surface area contributed by atoms with Crippen molar-refractivity contribution in [1.82, 2.24) is 0 Å². The lowest BCUT2D eigenvalue weighted by atomic mass is 9.72. The van der Waals surface area contributed by atoms with Gasteiger partial charge in [0, 0.05) is 12.1 Å². The standard InChI is InChI=1S/C17H23NO4/c1-17(2,3)13-6-10-15(11-7-13)22-16(19)12-4-8-14(9-5-12)18(20)21/h4-5,8-9,13,15H,6-7,10-11H2,1-3H3. The highest BCUT2D eigenvalue weighted by molar-refractivity contribution is 5.89. The summed E-state index contributed by atoms with van der Waals surface area (Å²) in [5.41, 5.74) is 0.638. The first-order valence-electron chi connectivity index (χ1n) is 7.73. The zero-order valence-electron chi connectivity index (χ0n) is 13.4. The molecule has 0 amide bonds. The van der Waals surface area contributed by atoms with E-state index in [1.165, 1.54) is 24.3 Å². The van der Waals surface area contributed by atoms with Crippen LogP contribution in [0.1, 0.15) is 56.8 Å². The predicted octanol–water partition coefficient (Wildman–Crippen LogP) is 4.36. The summed E-state index contributed by atoms with van der Waals surface area (Å²) in [4.78, 5) is 22.2. The van der Waals surface area contributed by atoms with E-state index in [1.54, 1.807) is 0 Å². The van der Waals surface area contributed by atoms with Crippen LogP contribution < -0.4 is 0 Å². The van der Waals surface area contributed by atoms with E-state index in [4.69, 9.17) is 4.74 Å². The fraction of sp³-hybridized carbons (Fsp3) is 0.588. The second-order valence-corrected chi connectivity index (χ2v) is 7.05. The molecule has 0 N–H and O–H groups in total. The Hall–Kier alpha value is -1.91. The van der Waals surface area contributed by atoms with Crippen LogP contribution in [0.3, 0.4) is 0 Å². The number of carbonyl (C=O) groups excluding carboxylic acids is 1. The van der Waals surface area contributed by atoms with Crippen LogP contribution in [0.15, 0.2) is 24.3 Å². The van der Waals surface area contributed by atoms with Gasteiger partial charge >= 0.3 is 5.97 Å². The molecular formula is C17H23NO4. The molecule has 1 fully saturated rings. The topological polar surface area (TPSA) is 69.4 Å². The number of esters is 1. The van der Waals surface area contributed by atoms with Crippen LogP contribution in [0.4, 0.5) is 5.69 Å². The summed E-state index contributed by atoms with van der Waals surface area (Å²) < 4.78 is 5.53. The summed E-state index contributed by atoms with van der Waals surface area (Å²) >= 11 is 0. The van der Waals surface area contributed by atoms with Crippen molar-refractivity contribution in [2.45, 2.75) is 52.6 Å². The fourth-order valence-corrected chi connectivity index (χ4v) is 2.99. The summed E-state index contributed by atoms with van der Waals surface area (Å²) in [6, 6.07) is 5.54. The molecule has 1 aromatic rings. The largest absolute Gasteiger partial charge is 0.459 e. The Morgan fingerprint density at radius 2 is 1.68 bits per heavy atom. The van der Waals surface area contributed by atoms with E-state index in [0.717, 1.165) is 25.7 Å². The number of ether oxygens (including phenoxy) is 1. The minimum atomic E-state index is -0.483. The molecule has 0 spiro atoms. The quantitative estimate of drug-likeness (QED) is 0.473. The second-order valence-electron chi connectivity index (χ2n) is 7.05.